The fourth-order valence-corrected chi connectivity index (χ4v) is 0.865. The summed E-state index contributed by atoms with van der Waals surface area (Å²) in [4.78, 5) is 10.3. The van der Waals surface area contributed by atoms with Crippen LogP contribution in [0.1, 0.15) is 15.9 Å². The lowest BCUT2D eigenvalue weighted by atomic mass is 10.1. The second-order valence-corrected chi connectivity index (χ2v) is 2.38. The average Bonchev–Trinajstić information content (AvgIpc) is 2.15. The van der Waals surface area contributed by atoms with Gasteiger partial charge in [-0.25, -0.2) is 0 Å². The van der Waals surface area contributed by atoms with Crippen LogP contribution in [0.15, 0.2) is 43.0 Å². The zero-order chi connectivity index (χ0) is 8.81. The number of allylic oxidation sites excluding steroid dienone is 2. The third kappa shape index (κ3) is 2.20. The Labute approximate surface area is 72.0 Å². The Kier molecular flexibility index (Phi) is 3.03. The molecule has 0 saturated carbocycles. The standard InChI is InChI=1S/C11H10O/c1-2-3-4-10-5-7-11(9-12)8-6-10/h2-9H,1H2/b4-3+. The molecule has 12 heavy (non-hydrogen) atoms. The molecule has 0 atom stereocenters. The van der Waals surface area contributed by atoms with E-state index in [1.54, 1.807) is 18.2 Å². The number of rotatable bonds is 3. The molecule has 0 radical (unpaired) electrons. The number of hydrogen-bond donors (Lipinski definition) is 0. The van der Waals surface area contributed by atoms with E-state index in [0.29, 0.717) is 5.56 Å². The van der Waals surface area contributed by atoms with Gasteiger partial charge in [-0.05, 0) is 5.56 Å². The first-order valence-corrected chi connectivity index (χ1v) is 3.71. The van der Waals surface area contributed by atoms with Crippen molar-refractivity contribution in [3.63, 3.8) is 0 Å². The molecule has 60 valence electrons. The number of carbonyl (C=O) groups excluding carboxylic acids is 1. The molecule has 0 spiro atoms. The number of carbonyl (C=O) groups is 1. The molecule has 0 aliphatic heterocycles. The number of benzene rings is 1. The van der Waals surface area contributed by atoms with E-state index < -0.39 is 0 Å². The molecule has 0 bridgehead atoms. The van der Waals surface area contributed by atoms with E-state index in [4.69, 9.17) is 0 Å². The highest BCUT2D eigenvalue weighted by molar-refractivity contribution is 5.75. The van der Waals surface area contributed by atoms with Crippen LogP contribution in [0.3, 0.4) is 0 Å². The third-order valence-corrected chi connectivity index (χ3v) is 1.50. The predicted octanol–water partition coefficient (Wildman–Crippen LogP) is 2.70. The molecule has 1 rings (SSSR count). The monoisotopic (exact) mass is 158 g/mol. The first-order chi connectivity index (χ1) is 5.86. The van der Waals surface area contributed by atoms with Crippen LogP contribution in [0.5, 0.6) is 0 Å². The summed E-state index contributed by atoms with van der Waals surface area (Å²) in [7, 11) is 0. The summed E-state index contributed by atoms with van der Waals surface area (Å²) in [6.07, 6.45) is 6.34. The minimum absolute atomic E-state index is 0.700. The summed E-state index contributed by atoms with van der Waals surface area (Å²) < 4.78 is 0. The van der Waals surface area contributed by atoms with Gasteiger partial charge in [0, 0.05) is 5.56 Å². The van der Waals surface area contributed by atoms with Crippen molar-refractivity contribution in [1.82, 2.24) is 0 Å². The van der Waals surface area contributed by atoms with Gasteiger partial charge in [-0.1, -0.05) is 49.1 Å². The van der Waals surface area contributed by atoms with E-state index in [1.165, 1.54) is 0 Å². The maximum absolute atomic E-state index is 10.3. The summed E-state index contributed by atoms with van der Waals surface area (Å²) in [5, 5.41) is 0. The lowest BCUT2D eigenvalue weighted by molar-refractivity contribution is 0.112. The molecule has 0 aromatic heterocycles. The smallest absolute Gasteiger partial charge is 0.150 e. The van der Waals surface area contributed by atoms with Crippen molar-refractivity contribution in [2.45, 2.75) is 0 Å². The maximum Gasteiger partial charge on any atom is 0.150 e. The highest BCUT2D eigenvalue weighted by atomic mass is 16.1. The minimum atomic E-state index is 0.700. The van der Waals surface area contributed by atoms with Crippen molar-refractivity contribution in [1.29, 1.82) is 0 Å². The Hall–Kier alpha value is -1.63. The van der Waals surface area contributed by atoms with Crippen molar-refractivity contribution >= 4 is 12.4 Å². The molecule has 1 aromatic rings. The van der Waals surface area contributed by atoms with Crippen molar-refractivity contribution in [3.05, 3.63) is 54.1 Å². The Morgan fingerprint density at radius 2 is 1.67 bits per heavy atom. The van der Waals surface area contributed by atoms with E-state index in [0.717, 1.165) is 11.8 Å². The van der Waals surface area contributed by atoms with Crippen molar-refractivity contribution in [3.8, 4) is 0 Å². The first-order valence-electron chi connectivity index (χ1n) is 3.71. The highest BCUT2D eigenvalue weighted by Gasteiger charge is 1.87. The number of hydrogen-bond acceptors (Lipinski definition) is 1. The van der Waals surface area contributed by atoms with Gasteiger partial charge in [0.05, 0.1) is 0 Å². The van der Waals surface area contributed by atoms with Gasteiger partial charge in [0.15, 0.2) is 0 Å². The molecule has 1 nitrogen and oxygen atoms in total. The Balaban J connectivity index is 2.84. The molecule has 1 aromatic carbocycles. The summed E-state index contributed by atoms with van der Waals surface area (Å²) in [5.41, 5.74) is 1.77. The van der Waals surface area contributed by atoms with Crippen LogP contribution >= 0.6 is 0 Å². The van der Waals surface area contributed by atoms with Gasteiger partial charge in [0.25, 0.3) is 0 Å². The SMILES string of the molecule is C=C/C=C/c1ccc(C=O)cc1. The minimum Gasteiger partial charge on any atom is -0.298 e. The predicted molar refractivity (Wildman–Crippen MR) is 51.1 cm³/mol. The van der Waals surface area contributed by atoms with Crippen LogP contribution in [0, 0.1) is 0 Å². The summed E-state index contributed by atoms with van der Waals surface area (Å²) in [6.45, 7) is 3.57. The molecule has 0 fully saturated rings. The molecule has 0 heterocycles. The zero-order valence-electron chi connectivity index (χ0n) is 6.73. The van der Waals surface area contributed by atoms with Crippen LogP contribution in [0.25, 0.3) is 6.08 Å². The van der Waals surface area contributed by atoms with Gasteiger partial charge < -0.3 is 0 Å². The average molecular weight is 158 g/mol. The lowest BCUT2D eigenvalue weighted by Gasteiger charge is -1.92. The van der Waals surface area contributed by atoms with E-state index in [1.807, 2.05) is 24.3 Å². The Bertz CT molecular complexity index is 293. The molecule has 0 unspecified atom stereocenters. The van der Waals surface area contributed by atoms with Gasteiger partial charge in [-0.15, -0.1) is 0 Å². The van der Waals surface area contributed by atoms with E-state index in [9.17, 15) is 4.79 Å². The van der Waals surface area contributed by atoms with Crippen LogP contribution in [0.2, 0.25) is 0 Å². The van der Waals surface area contributed by atoms with Crippen molar-refractivity contribution < 1.29 is 4.79 Å². The molecule has 1 heteroatoms. The second kappa shape index (κ2) is 4.29. The van der Waals surface area contributed by atoms with Gasteiger partial charge in [0.1, 0.15) is 6.29 Å². The molecule has 0 aliphatic carbocycles. The van der Waals surface area contributed by atoms with E-state index in [-0.39, 0.29) is 0 Å². The Morgan fingerprint density at radius 1 is 1.08 bits per heavy atom. The third-order valence-electron chi connectivity index (χ3n) is 1.50. The van der Waals surface area contributed by atoms with Crippen LogP contribution in [0.4, 0.5) is 0 Å². The second-order valence-electron chi connectivity index (χ2n) is 2.38. The molecule has 0 N–H and O–H groups in total. The summed E-state index contributed by atoms with van der Waals surface area (Å²) in [5.74, 6) is 0. The highest BCUT2D eigenvalue weighted by Crippen LogP contribution is 2.04. The van der Waals surface area contributed by atoms with Crippen molar-refractivity contribution in [2.24, 2.45) is 0 Å². The zero-order valence-corrected chi connectivity index (χ0v) is 6.73. The fourth-order valence-electron chi connectivity index (χ4n) is 0.865. The molecule has 0 aliphatic rings. The van der Waals surface area contributed by atoms with E-state index in [2.05, 4.69) is 6.58 Å². The quantitative estimate of drug-likeness (QED) is 0.488. The van der Waals surface area contributed by atoms with Crippen molar-refractivity contribution in [2.75, 3.05) is 0 Å². The fraction of sp³-hybridized carbons (Fsp3) is 0. The van der Waals surface area contributed by atoms with Crippen LogP contribution in [-0.2, 0) is 0 Å². The van der Waals surface area contributed by atoms with Gasteiger partial charge in [0.2, 0.25) is 0 Å². The summed E-state index contributed by atoms with van der Waals surface area (Å²) >= 11 is 0. The largest absolute Gasteiger partial charge is 0.298 e. The number of aldehydes is 1. The van der Waals surface area contributed by atoms with Gasteiger partial charge in [-0.3, -0.25) is 4.79 Å². The first kappa shape index (κ1) is 8.47. The van der Waals surface area contributed by atoms with Crippen LogP contribution < -0.4 is 0 Å². The van der Waals surface area contributed by atoms with Crippen LogP contribution in [-0.4, -0.2) is 6.29 Å². The normalized spacial score (nSPS) is 10.0. The van der Waals surface area contributed by atoms with Gasteiger partial charge in [-0.2, -0.15) is 0 Å². The Morgan fingerprint density at radius 3 is 2.17 bits per heavy atom. The lowest BCUT2D eigenvalue weighted by Crippen LogP contribution is -1.78. The molecular weight excluding hydrogens is 148 g/mol. The summed E-state index contributed by atoms with van der Waals surface area (Å²) in [6, 6.07) is 7.36. The molecule has 0 amide bonds. The topological polar surface area (TPSA) is 17.1 Å². The van der Waals surface area contributed by atoms with Gasteiger partial charge >= 0.3 is 0 Å². The molecule has 0 saturated heterocycles. The van der Waals surface area contributed by atoms with E-state index >= 15 is 0 Å². The maximum atomic E-state index is 10.3. The molecular formula is C11H10O.